The molecule has 1 heterocycles. The van der Waals surface area contributed by atoms with E-state index in [0.29, 0.717) is 5.84 Å². The highest BCUT2D eigenvalue weighted by Crippen LogP contribution is 2.10. The molecule has 0 atom stereocenters. The van der Waals surface area contributed by atoms with Crippen LogP contribution in [-0.2, 0) is 0 Å². The van der Waals surface area contributed by atoms with E-state index in [0.717, 1.165) is 19.4 Å². The fourth-order valence-electron chi connectivity index (χ4n) is 1.88. The molecule has 0 saturated carbocycles. The Balaban J connectivity index is 2.34. The van der Waals surface area contributed by atoms with Crippen molar-refractivity contribution in [1.29, 1.82) is 0 Å². The van der Waals surface area contributed by atoms with Gasteiger partial charge in [-0.2, -0.15) is 0 Å². The Morgan fingerprint density at radius 2 is 1.88 bits per heavy atom. The van der Waals surface area contributed by atoms with Crippen molar-refractivity contribution < 1.29 is 0 Å². The fraction of sp³-hybridized carbons (Fsp3) is 0.769. The molecule has 0 saturated heterocycles. The van der Waals surface area contributed by atoms with Crippen LogP contribution in [0.3, 0.4) is 0 Å². The van der Waals surface area contributed by atoms with Gasteiger partial charge in [0.05, 0.1) is 6.54 Å². The summed E-state index contributed by atoms with van der Waals surface area (Å²) in [6, 6.07) is 0. The smallest absolute Gasteiger partial charge is 0.147 e. The summed E-state index contributed by atoms with van der Waals surface area (Å²) in [5.74, 6) is 0.617. The maximum absolute atomic E-state index is 5.82. The molecule has 0 radical (unpaired) electrons. The lowest BCUT2D eigenvalue weighted by atomic mass is 10.1. The zero-order valence-corrected chi connectivity index (χ0v) is 11.2. The number of unbranched alkanes of at least 4 members (excludes halogenated alkanes) is 4. The maximum atomic E-state index is 5.82. The van der Waals surface area contributed by atoms with E-state index in [9.17, 15) is 0 Å². The number of allylic oxidation sites excluding steroid dienone is 1. The number of nitrogens with zero attached hydrogens (tertiary/aromatic N) is 2. The van der Waals surface area contributed by atoms with Gasteiger partial charge >= 0.3 is 0 Å². The van der Waals surface area contributed by atoms with E-state index in [1.165, 1.54) is 37.8 Å². The van der Waals surface area contributed by atoms with Gasteiger partial charge in [-0.1, -0.05) is 39.5 Å². The van der Waals surface area contributed by atoms with Crippen LogP contribution in [0, 0.1) is 0 Å². The van der Waals surface area contributed by atoms with Crippen molar-refractivity contribution >= 4 is 5.84 Å². The van der Waals surface area contributed by atoms with E-state index in [2.05, 4.69) is 24.4 Å². The van der Waals surface area contributed by atoms with Crippen molar-refractivity contribution in [2.45, 2.75) is 58.8 Å². The minimum atomic E-state index is 0.617. The van der Waals surface area contributed by atoms with Crippen LogP contribution in [0.5, 0.6) is 0 Å². The standard InChI is InChI=1S/C13H26N4/c1-3-5-7-9-12-11-13(14)16-17(15-12)10-8-6-4-2/h11,15H,3-10H2,1-2H3,(H2,14,16). The van der Waals surface area contributed by atoms with Crippen molar-refractivity contribution in [3.8, 4) is 0 Å². The molecule has 0 aliphatic carbocycles. The summed E-state index contributed by atoms with van der Waals surface area (Å²) in [6.07, 6.45) is 10.4. The topological polar surface area (TPSA) is 53.6 Å². The van der Waals surface area contributed by atoms with Crippen LogP contribution >= 0.6 is 0 Å². The molecule has 0 amide bonds. The molecule has 0 aromatic carbocycles. The second-order valence-corrected chi connectivity index (χ2v) is 4.59. The van der Waals surface area contributed by atoms with Gasteiger partial charge in [0.25, 0.3) is 0 Å². The number of nitrogens with one attached hydrogen (secondary N) is 1. The third-order valence-corrected chi connectivity index (χ3v) is 2.85. The first-order chi connectivity index (χ1) is 8.26. The van der Waals surface area contributed by atoms with E-state index in [1.54, 1.807) is 0 Å². The van der Waals surface area contributed by atoms with Crippen LogP contribution in [0.1, 0.15) is 58.8 Å². The van der Waals surface area contributed by atoms with Gasteiger partial charge in [0, 0.05) is 11.8 Å². The predicted octanol–water partition coefficient (Wildman–Crippen LogP) is 2.73. The van der Waals surface area contributed by atoms with Crippen LogP contribution < -0.4 is 11.2 Å². The van der Waals surface area contributed by atoms with E-state index >= 15 is 0 Å². The molecule has 0 aromatic heterocycles. The zero-order chi connectivity index (χ0) is 12.5. The van der Waals surface area contributed by atoms with Gasteiger partial charge in [-0.25, -0.2) is 5.12 Å². The Bertz CT molecular complexity index is 271. The van der Waals surface area contributed by atoms with Crippen LogP contribution in [-0.4, -0.2) is 17.5 Å². The van der Waals surface area contributed by atoms with E-state index in [-0.39, 0.29) is 0 Å². The number of hydrazine groups is 1. The molecule has 98 valence electrons. The summed E-state index contributed by atoms with van der Waals surface area (Å²) in [6.45, 7) is 5.35. The molecular formula is C13H26N4. The summed E-state index contributed by atoms with van der Waals surface area (Å²) in [7, 11) is 0. The Hall–Kier alpha value is -1.19. The highest BCUT2D eigenvalue weighted by atomic mass is 15.7. The van der Waals surface area contributed by atoms with Gasteiger partial charge in [-0.15, -0.1) is 5.10 Å². The monoisotopic (exact) mass is 238 g/mol. The molecule has 0 unspecified atom stereocenters. The summed E-state index contributed by atoms with van der Waals surface area (Å²) in [5.41, 5.74) is 10.3. The lowest BCUT2D eigenvalue weighted by molar-refractivity contribution is 0.209. The molecule has 4 heteroatoms. The summed E-state index contributed by atoms with van der Waals surface area (Å²) >= 11 is 0. The number of rotatable bonds is 8. The third kappa shape index (κ3) is 5.61. The Morgan fingerprint density at radius 3 is 2.59 bits per heavy atom. The molecule has 0 bridgehead atoms. The normalized spacial score (nSPS) is 15.3. The zero-order valence-electron chi connectivity index (χ0n) is 11.2. The van der Waals surface area contributed by atoms with E-state index in [1.807, 2.05) is 11.2 Å². The van der Waals surface area contributed by atoms with Crippen LogP contribution in [0.25, 0.3) is 0 Å². The molecule has 0 aromatic rings. The van der Waals surface area contributed by atoms with Crippen LogP contribution in [0.15, 0.2) is 16.9 Å². The fourth-order valence-corrected chi connectivity index (χ4v) is 1.88. The molecule has 3 N–H and O–H groups in total. The van der Waals surface area contributed by atoms with Gasteiger partial charge in [0.2, 0.25) is 0 Å². The third-order valence-electron chi connectivity index (χ3n) is 2.85. The van der Waals surface area contributed by atoms with Crippen molar-refractivity contribution in [1.82, 2.24) is 10.5 Å². The Morgan fingerprint density at radius 1 is 1.18 bits per heavy atom. The SMILES string of the molecule is CCCCCC1=CC(N)=NN(CCCCC)N1. The summed E-state index contributed by atoms with van der Waals surface area (Å²) in [4.78, 5) is 0. The van der Waals surface area contributed by atoms with Crippen LogP contribution in [0.2, 0.25) is 0 Å². The molecule has 1 aliphatic heterocycles. The molecule has 0 spiro atoms. The molecule has 1 aliphatic rings. The number of nitrogens with two attached hydrogens (primary N) is 1. The highest BCUT2D eigenvalue weighted by Gasteiger charge is 2.10. The van der Waals surface area contributed by atoms with Crippen molar-refractivity contribution in [3.05, 3.63) is 11.8 Å². The molecule has 17 heavy (non-hydrogen) atoms. The molecule has 1 rings (SSSR count). The quantitative estimate of drug-likeness (QED) is 0.639. The largest absolute Gasteiger partial charge is 0.382 e. The molecule has 4 nitrogen and oxygen atoms in total. The number of amidine groups is 1. The minimum Gasteiger partial charge on any atom is -0.382 e. The van der Waals surface area contributed by atoms with Crippen molar-refractivity contribution in [2.75, 3.05) is 6.54 Å². The lowest BCUT2D eigenvalue weighted by Crippen LogP contribution is -2.39. The lowest BCUT2D eigenvalue weighted by Gasteiger charge is -2.26. The first kappa shape index (κ1) is 13.9. The first-order valence-corrected chi connectivity index (χ1v) is 6.85. The van der Waals surface area contributed by atoms with Gasteiger partial charge < -0.3 is 5.73 Å². The second-order valence-electron chi connectivity index (χ2n) is 4.59. The van der Waals surface area contributed by atoms with Crippen molar-refractivity contribution in [2.24, 2.45) is 10.8 Å². The first-order valence-electron chi connectivity index (χ1n) is 6.85. The molecular weight excluding hydrogens is 212 g/mol. The van der Waals surface area contributed by atoms with Gasteiger partial charge in [0.15, 0.2) is 0 Å². The van der Waals surface area contributed by atoms with Gasteiger partial charge in [-0.3, -0.25) is 5.43 Å². The Labute approximate surface area is 105 Å². The number of hydrogen-bond acceptors (Lipinski definition) is 4. The average Bonchev–Trinajstić information content (AvgIpc) is 2.29. The summed E-state index contributed by atoms with van der Waals surface area (Å²) < 4.78 is 0. The van der Waals surface area contributed by atoms with E-state index in [4.69, 9.17) is 5.73 Å². The van der Waals surface area contributed by atoms with Crippen LogP contribution in [0.4, 0.5) is 0 Å². The Kier molecular flexibility index (Phi) is 6.51. The molecule has 0 fully saturated rings. The van der Waals surface area contributed by atoms with Gasteiger partial charge in [-0.05, 0) is 19.3 Å². The number of hydrazone groups is 1. The highest BCUT2D eigenvalue weighted by molar-refractivity contribution is 5.92. The van der Waals surface area contributed by atoms with E-state index < -0.39 is 0 Å². The average molecular weight is 238 g/mol. The second kappa shape index (κ2) is 7.98. The predicted molar refractivity (Wildman–Crippen MR) is 73.2 cm³/mol. The maximum Gasteiger partial charge on any atom is 0.147 e. The minimum absolute atomic E-state index is 0.617. The number of hydrogen-bond donors (Lipinski definition) is 2. The van der Waals surface area contributed by atoms with Crippen molar-refractivity contribution in [3.63, 3.8) is 0 Å². The summed E-state index contributed by atoms with van der Waals surface area (Å²) in [5, 5.41) is 6.15. The van der Waals surface area contributed by atoms with Gasteiger partial charge in [0.1, 0.15) is 5.84 Å².